The SMILES string of the molecule is FC(F)(F)c1nnc2c3cc4c(cc3ccn12)OCO4. The molecule has 0 atom stereocenters. The van der Waals surface area contributed by atoms with Crippen molar-refractivity contribution < 1.29 is 22.6 Å². The van der Waals surface area contributed by atoms with E-state index in [1.807, 2.05) is 0 Å². The zero-order chi connectivity index (χ0) is 13.9. The maximum atomic E-state index is 12.8. The molecule has 0 bridgehead atoms. The lowest BCUT2D eigenvalue weighted by Crippen LogP contribution is -2.10. The van der Waals surface area contributed by atoms with Crippen LogP contribution >= 0.6 is 0 Å². The molecule has 1 aromatic carbocycles. The third kappa shape index (κ3) is 1.44. The molecule has 3 aromatic rings. The molecular weight excluding hydrogens is 275 g/mol. The standard InChI is InChI=1S/C12H6F3N3O2/c13-12(14,15)11-17-16-10-7-4-9-8(19-5-20-9)3-6(7)1-2-18(10)11/h1-4H,5H2. The molecule has 5 nitrogen and oxygen atoms in total. The minimum absolute atomic E-state index is 0.0996. The lowest BCUT2D eigenvalue weighted by Gasteiger charge is -2.05. The first-order valence-corrected chi connectivity index (χ1v) is 5.68. The number of nitrogens with zero attached hydrogens (tertiary/aromatic N) is 3. The first-order chi connectivity index (χ1) is 9.54. The van der Waals surface area contributed by atoms with Gasteiger partial charge in [-0.05, 0) is 23.6 Å². The maximum Gasteiger partial charge on any atom is 0.452 e. The van der Waals surface area contributed by atoms with Gasteiger partial charge in [-0.15, -0.1) is 10.2 Å². The van der Waals surface area contributed by atoms with Gasteiger partial charge in [-0.1, -0.05) is 0 Å². The molecule has 0 radical (unpaired) electrons. The number of alkyl halides is 3. The van der Waals surface area contributed by atoms with E-state index in [9.17, 15) is 13.2 Å². The fourth-order valence-corrected chi connectivity index (χ4v) is 2.25. The van der Waals surface area contributed by atoms with Crippen LogP contribution in [0.4, 0.5) is 13.2 Å². The third-order valence-corrected chi connectivity index (χ3v) is 3.14. The molecule has 8 heteroatoms. The van der Waals surface area contributed by atoms with Crippen molar-refractivity contribution in [2.45, 2.75) is 6.18 Å². The van der Waals surface area contributed by atoms with Crippen LogP contribution in [0, 0.1) is 0 Å². The Kier molecular flexibility index (Phi) is 2.00. The van der Waals surface area contributed by atoms with Gasteiger partial charge < -0.3 is 9.47 Å². The van der Waals surface area contributed by atoms with E-state index in [1.54, 1.807) is 18.2 Å². The summed E-state index contributed by atoms with van der Waals surface area (Å²) in [5, 5.41) is 8.10. The zero-order valence-electron chi connectivity index (χ0n) is 9.81. The molecule has 0 saturated heterocycles. The molecule has 3 heterocycles. The summed E-state index contributed by atoms with van der Waals surface area (Å²) in [5.41, 5.74) is 0.133. The van der Waals surface area contributed by atoms with Gasteiger partial charge >= 0.3 is 6.18 Å². The number of hydrogen-bond donors (Lipinski definition) is 0. The van der Waals surface area contributed by atoms with E-state index in [1.165, 1.54) is 6.20 Å². The van der Waals surface area contributed by atoms with Gasteiger partial charge in [0.25, 0.3) is 0 Å². The van der Waals surface area contributed by atoms with Crippen LogP contribution in [-0.4, -0.2) is 21.4 Å². The van der Waals surface area contributed by atoms with Crippen LogP contribution in [0.25, 0.3) is 16.4 Å². The number of aromatic nitrogens is 3. The van der Waals surface area contributed by atoms with Crippen LogP contribution in [0.3, 0.4) is 0 Å². The van der Waals surface area contributed by atoms with E-state index < -0.39 is 12.0 Å². The highest BCUT2D eigenvalue weighted by Crippen LogP contribution is 2.38. The predicted molar refractivity (Wildman–Crippen MR) is 61.6 cm³/mol. The fourth-order valence-electron chi connectivity index (χ4n) is 2.25. The van der Waals surface area contributed by atoms with Crippen LogP contribution in [0.5, 0.6) is 11.5 Å². The Bertz CT molecular complexity index is 841. The smallest absolute Gasteiger partial charge is 0.452 e. The number of hydrogen-bond acceptors (Lipinski definition) is 4. The van der Waals surface area contributed by atoms with Crippen LogP contribution < -0.4 is 9.47 Å². The number of pyridine rings is 1. The molecule has 0 amide bonds. The molecule has 0 N–H and O–H groups in total. The van der Waals surface area contributed by atoms with Crippen molar-refractivity contribution in [2.75, 3.05) is 6.79 Å². The molecule has 102 valence electrons. The van der Waals surface area contributed by atoms with E-state index in [0.717, 1.165) is 4.40 Å². The molecule has 20 heavy (non-hydrogen) atoms. The number of halogens is 3. The van der Waals surface area contributed by atoms with E-state index in [4.69, 9.17) is 9.47 Å². The van der Waals surface area contributed by atoms with Gasteiger partial charge in [0.05, 0.1) is 0 Å². The normalized spacial score (nSPS) is 14.3. The lowest BCUT2D eigenvalue weighted by atomic mass is 10.1. The van der Waals surface area contributed by atoms with Gasteiger partial charge in [-0.2, -0.15) is 13.2 Å². The molecule has 0 spiro atoms. The average molecular weight is 281 g/mol. The summed E-state index contributed by atoms with van der Waals surface area (Å²) in [6.45, 7) is 0.0996. The molecule has 0 fully saturated rings. The molecule has 4 rings (SSSR count). The van der Waals surface area contributed by atoms with Crippen LogP contribution in [0.15, 0.2) is 24.4 Å². The van der Waals surface area contributed by atoms with Crippen LogP contribution in [-0.2, 0) is 6.18 Å². The van der Waals surface area contributed by atoms with E-state index in [0.29, 0.717) is 22.3 Å². The topological polar surface area (TPSA) is 48.7 Å². The van der Waals surface area contributed by atoms with Gasteiger partial charge in [0.1, 0.15) is 0 Å². The quantitative estimate of drug-likeness (QED) is 0.635. The zero-order valence-corrected chi connectivity index (χ0v) is 9.81. The monoisotopic (exact) mass is 281 g/mol. The highest BCUT2D eigenvalue weighted by atomic mass is 19.4. The number of rotatable bonds is 0. The Balaban J connectivity index is 2.07. The maximum absolute atomic E-state index is 12.8. The van der Waals surface area contributed by atoms with Crippen molar-refractivity contribution in [1.29, 1.82) is 0 Å². The Hall–Kier alpha value is -2.51. The highest BCUT2D eigenvalue weighted by Gasteiger charge is 2.37. The van der Waals surface area contributed by atoms with Crippen molar-refractivity contribution in [3.8, 4) is 11.5 Å². The van der Waals surface area contributed by atoms with Crippen molar-refractivity contribution in [3.63, 3.8) is 0 Å². The Morgan fingerprint density at radius 3 is 2.60 bits per heavy atom. The summed E-state index contributed by atoms with van der Waals surface area (Å²) >= 11 is 0. The Labute approximate surface area is 109 Å². The van der Waals surface area contributed by atoms with Gasteiger partial charge in [-0.25, -0.2) is 0 Å². The first-order valence-electron chi connectivity index (χ1n) is 5.68. The predicted octanol–water partition coefficient (Wildman–Crippen LogP) is 2.63. The molecule has 0 saturated carbocycles. The van der Waals surface area contributed by atoms with E-state index >= 15 is 0 Å². The molecular formula is C12H6F3N3O2. The minimum Gasteiger partial charge on any atom is -0.454 e. The average Bonchev–Trinajstić information content (AvgIpc) is 3.01. The Morgan fingerprint density at radius 1 is 1.10 bits per heavy atom. The van der Waals surface area contributed by atoms with Gasteiger partial charge in [0.15, 0.2) is 17.1 Å². The summed E-state index contributed by atoms with van der Waals surface area (Å²) in [7, 11) is 0. The first kappa shape index (κ1) is 11.3. The van der Waals surface area contributed by atoms with Crippen LogP contribution in [0.2, 0.25) is 0 Å². The fraction of sp³-hybridized carbons (Fsp3) is 0.167. The number of benzene rings is 1. The summed E-state index contributed by atoms with van der Waals surface area (Å²) in [6.07, 6.45) is -3.26. The van der Waals surface area contributed by atoms with Gasteiger partial charge in [0, 0.05) is 11.6 Å². The second-order valence-electron chi connectivity index (χ2n) is 4.32. The lowest BCUT2D eigenvalue weighted by molar-refractivity contribution is -0.145. The minimum atomic E-state index is -4.55. The Morgan fingerprint density at radius 2 is 1.85 bits per heavy atom. The van der Waals surface area contributed by atoms with Crippen molar-refractivity contribution in [1.82, 2.24) is 14.6 Å². The van der Waals surface area contributed by atoms with Gasteiger partial charge in [0.2, 0.25) is 12.6 Å². The summed E-state index contributed by atoms with van der Waals surface area (Å²) in [6, 6.07) is 4.88. The third-order valence-electron chi connectivity index (χ3n) is 3.14. The molecule has 0 aliphatic carbocycles. The molecule has 2 aromatic heterocycles. The van der Waals surface area contributed by atoms with Crippen molar-refractivity contribution in [3.05, 3.63) is 30.2 Å². The van der Waals surface area contributed by atoms with E-state index in [2.05, 4.69) is 10.2 Å². The summed E-state index contributed by atoms with van der Waals surface area (Å²) in [5.74, 6) is 0.00614. The number of fused-ring (bicyclic) bond motifs is 4. The summed E-state index contributed by atoms with van der Waals surface area (Å²) in [4.78, 5) is 0. The van der Waals surface area contributed by atoms with E-state index in [-0.39, 0.29) is 12.4 Å². The summed E-state index contributed by atoms with van der Waals surface area (Å²) < 4.78 is 49.8. The van der Waals surface area contributed by atoms with Crippen molar-refractivity contribution in [2.24, 2.45) is 0 Å². The largest absolute Gasteiger partial charge is 0.454 e. The number of ether oxygens (including phenoxy) is 2. The van der Waals surface area contributed by atoms with Gasteiger partial charge in [-0.3, -0.25) is 4.40 Å². The second-order valence-corrected chi connectivity index (χ2v) is 4.32. The van der Waals surface area contributed by atoms with Crippen molar-refractivity contribution >= 4 is 16.4 Å². The molecule has 0 unspecified atom stereocenters. The van der Waals surface area contributed by atoms with Crippen LogP contribution in [0.1, 0.15) is 5.82 Å². The highest BCUT2D eigenvalue weighted by molar-refractivity contribution is 5.96. The molecule has 1 aliphatic heterocycles. The molecule has 1 aliphatic rings. The second kappa shape index (κ2) is 3.53.